The number of hydrogen-bond acceptors (Lipinski definition) is 5. The minimum Gasteiger partial charge on any atom is -0.465 e. The first-order valence-electron chi connectivity index (χ1n) is 8.81. The lowest BCUT2D eigenvalue weighted by Crippen LogP contribution is -2.17. The van der Waals surface area contributed by atoms with Gasteiger partial charge in [-0.1, -0.05) is 12.1 Å². The maximum absolute atomic E-state index is 12.8. The highest BCUT2D eigenvalue weighted by Crippen LogP contribution is 2.30. The van der Waals surface area contributed by atoms with Gasteiger partial charge in [0.15, 0.2) is 0 Å². The lowest BCUT2D eigenvalue weighted by molar-refractivity contribution is -0.140. The van der Waals surface area contributed by atoms with Crippen molar-refractivity contribution >= 4 is 40.9 Å². The van der Waals surface area contributed by atoms with E-state index in [1.165, 1.54) is 30.3 Å². The predicted molar refractivity (Wildman–Crippen MR) is 108 cm³/mol. The third-order valence-corrected chi connectivity index (χ3v) is 4.52. The number of halogens is 3. The summed E-state index contributed by atoms with van der Waals surface area (Å²) in [6, 6.07) is 10.3. The fourth-order valence-corrected chi connectivity index (χ4v) is 2.95. The Hall–Kier alpha value is -3.01. The zero-order valence-corrected chi connectivity index (χ0v) is 16.7. The van der Waals surface area contributed by atoms with Crippen LogP contribution in [0.4, 0.5) is 24.5 Å². The highest BCUT2D eigenvalue weighted by Gasteiger charge is 2.30. The van der Waals surface area contributed by atoms with Crippen molar-refractivity contribution in [1.82, 2.24) is 0 Å². The van der Waals surface area contributed by atoms with Crippen LogP contribution in [0.25, 0.3) is 0 Å². The second-order valence-corrected chi connectivity index (χ2v) is 6.95. The minimum atomic E-state index is -4.52. The Labute approximate surface area is 175 Å². The lowest BCUT2D eigenvalue weighted by atomic mass is 10.1. The number of ether oxygens (including phenoxy) is 1. The zero-order chi connectivity index (χ0) is 22.1. The largest absolute Gasteiger partial charge is 0.465 e. The number of alkyl halides is 3. The van der Waals surface area contributed by atoms with Crippen LogP contribution in [-0.4, -0.2) is 35.9 Å². The second kappa shape index (κ2) is 10.7. The second-order valence-electron chi connectivity index (χ2n) is 5.96. The number of rotatable bonds is 8. The number of carbonyl (C=O) groups is 3. The monoisotopic (exact) mass is 440 g/mol. The van der Waals surface area contributed by atoms with Gasteiger partial charge >= 0.3 is 12.1 Å². The number of esters is 1. The van der Waals surface area contributed by atoms with Gasteiger partial charge < -0.3 is 15.4 Å². The van der Waals surface area contributed by atoms with E-state index in [1.54, 1.807) is 13.0 Å². The smallest absolute Gasteiger partial charge is 0.416 e. The van der Waals surface area contributed by atoms with Crippen LogP contribution in [0.5, 0.6) is 0 Å². The van der Waals surface area contributed by atoms with Gasteiger partial charge in [0.25, 0.3) is 5.91 Å². The Morgan fingerprint density at radius 3 is 2.30 bits per heavy atom. The molecule has 6 nitrogen and oxygen atoms in total. The number of nitrogens with one attached hydrogen (secondary N) is 2. The van der Waals surface area contributed by atoms with E-state index in [-0.39, 0.29) is 35.3 Å². The molecule has 2 aromatic rings. The SMILES string of the molecule is CCOC(=O)CSCC(=O)Nc1cccc(C(=O)Nc2cccc(C(F)(F)F)c2)c1. The third kappa shape index (κ3) is 7.43. The van der Waals surface area contributed by atoms with E-state index >= 15 is 0 Å². The molecule has 2 rings (SSSR count). The molecule has 2 amide bonds. The number of amides is 2. The van der Waals surface area contributed by atoms with Gasteiger partial charge in [-0.3, -0.25) is 14.4 Å². The van der Waals surface area contributed by atoms with Gasteiger partial charge in [-0.05, 0) is 43.3 Å². The van der Waals surface area contributed by atoms with E-state index in [0.717, 1.165) is 23.9 Å². The van der Waals surface area contributed by atoms with Crippen LogP contribution in [0.1, 0.15) is 22.8 Å². The quantitative estimate of drug-likeness (QED) is 0.602. The van der Waals surface area contributed by atoms with Crippen molar-refractivity contribution in [3.63, 3.8) is 0 Å². The van der Waals surface area contributed by atoms with Crippen LogP contribution in [0.3, 0.4) is 0 Å². The Bertz CT molecular complexity index is 919. The Balaban J connectivity index is 1.95. The molecule has 0 aliphatic heterocycles. The molecule has 10 heteroatoms. The van der Waals surface area contributed by atoms with Gasteiger partial charge in [-0.2, -0.15) is 13.2 Å². The number of hydrogen-bond donors (Lipinski definition) is 2. The van der Waals surface area contributed by atoms with Crippen molar-refractivity contribution in [1.29, 1.82) is 0 Å². The lowest BCUT2D eigenvalue weighted by Gasteiger charge is -2.11. The average molecular weight is 440 g/mol. The normalized spacial score (nSPS) is 10.9. The molecule has 0 fully saturated rings. The summed E-state index contributed by atoms with van der Waals surface area (Å²) in [4.78, 5) is 35.6. The van der Waals surface area contributed by atoms with Crippen molar-refractivity contribution in [2.24, 2.45) is 0 Å². The fourth-order valence-electron chi connectivity index (χ4n) is 2.34. The first-order valence-corrected chi connectivity index (χ1v) is 9.96. The van der Waals surface area contributed by atoms with Crippen molar-refractivity contribution in [2.75, 3.05) is 28.7 Å². The topological polar surface area (TPSA) is 84.5 Å². The van der Waals surface area contributed by atoms with Gasteiger partial charge in [-0.15, -0.1) is 11.8 Å². The van der Waals surface area contributed by atoms with E-state index in [1.807, 2.05) is 0 Å². The molecular weight excluding hydrogens is 421 g/mol. The molecule has 0 saturated heterocycles. The Morgan fingerprint density at radius 1 is 0.967 bits per heavy atom. The molecule has 0 aliphatic rings. The first-order chi connectivity index (χ1) is 14.2. The summed E-state index contributed by atoms with van der Waals surface area (Å²) in [6.45, 7) is 1.95. The van der Waals surface area contributed by atoms with E-state index in [4.69, 9.17) is 4.74 Å². The molecule has 0 aromatic heterocycles. The van der Waals surface area contributed by atoms with Crippen LogP contribution in [0, 0.1) is 0 Å². The molecular formula is C20H19F3N2O4S. The molecule has 0 heterocycles. The first kappa shape index (κ1) is 23.3. The van der Waals surface area contributed by atoms with Gasteiger partial charge in [-0.25, -0.2) is 0 Å². The molecule has 0 saturated carbocycles. The summed E-state index contributed by atoms with van der Waals surface area (Å²) in [5, 5.41) is 5.00. The molecule has 0 radical (unpaired) electrons. The highest BCUT2D eigenvalue weighted by atomic mass is 32.2. The molecule has 30 heavy (non-hydrogen) atoms. The van der Waals surface area contributed by atoms with Gasteiger partial charge in [0.1, 0.15) is 0 Å². The molecule has 2 N–H and O–H groups in total. The Morgan fingerprint density at radius 2 is 1.63 bits per heavy atom. The van der Waals surface area contributed by atoms with Crippen molar-refractivity contribution in [2.45, 2.75) is 13.1 Å². The van der Waals surface area contributed by atoms with Crippen molar-refractivity contribution in [3.8, 4) is 0 Å². The predicted octanol–water partition coefficient (Wildman–Crippen LogP) is 4.19. The molecule has 0 aliphatic carbocycles. The molecule has 0 spiro atoms. The zero-order valence-electron chi connectivity index (χ0n) is 15.9. The molecule has 0 atom stereocenters. The van der Waals surface area contributed by atoms with E-state index in [2.05, 4.69) is 10.6 Å². The molecule has 0 unspecified atom stereocenters. The molecule has 0 bridgehead atoms. The molecule has 160 valence electrons. The average Bonchev–Trinajstić information content (AvgIpc) is 2.68. The number of carbonyl (C=O) groups excluding carboxylic acids is 3. The maximum atomic E-state index is 12.8. The van der Waals surface area contributed by atoms with Gasteiger partial charge in [0.2, 0.25) is 5.91 Å². The van der Waals surface area contributed by atoms with E-state index in [9.17, 15) is 27.6 Å². The van der Waals surface area contributed by atoms with Crippen LogP contribution in [0.15, 0.2) is 48.5 Å². The van der Waals surface area contributed by atoms with E-state index in [0.29, 0.717) is 5.69 Å². The fraction of sp³-hybridized carbons (Fsp3) is 0.250. The maximum Gasteiger partial charge on any atom is 0.416 e. The van der Waals surface area contributed by atoms with Crippen LogP contribution in [-0.2, 0) is 20.5 Å². The number of benzene rings is 2. The highest BCUT2D eigenvalue weighted by molar-refractivity contribution is 8.00. The summed E-state index contributed by atoms with van der Waals surface area (Å²) < 4.78 is 43.1. The van der Waals surface area contributed by atoms with Crippen LogP contribution in [0.2, 0.25) is 0 Å². The summed E-state index contributed by atoms with van der Waals surface area (Å²) >= 11 is 1.09. The van der Waals surface area contributed by atoms with Gasteiger partial charge in [0.05, 0.1) is 23.7 Å². The standard InChI is InChI=1S/C20H19F3N2O4S/c1-2-29-18(27)12-30-11-17(26)24-15-7-3-5-13(9-15)19(28)25-16-8-4-6-14(10-16)20(21,22)23/h3-10H,2,11-12H2,1H3,(H,24,26)(H,25,28). The van der Waals surface area contributed by atoms with Crippen molar-refractivity contribution in [3.05, 3.63) is 59.7 Å². The summed E-state index contributed by atoms with van der Waals surface area (Å²) in [6.07, 6.45) is -4.52. The third-order valence-electron chi connectivity index (χ3n) is 3.61. The number of thioether (sulfide) groups is 1. The molecule has 2 aromatic carbocycles. The summed E-state index contributed by atoms with van der Waals surface area (Å²) in [7, 11) is 0. The van der Waals surface area contributed by atoms with Crippen LogP contribution < -0.4 is 10.6 Å². The minimum absolute atomic E-state index is 0.000344. The summed E-state index contributed by atoms with van der Waals surface area (Å²) in [5.41, 5.74) is -0.376. The van der Waals surface area contributed by atoms with Gasteiger partial charge in [0, 0.05) is 16.9 Å². The van der Waals surface area contributed by atoms with Crippen LogP contribution >= 0.6 is 11.8 Å². The number of anilines is 2. The summed E-state index contributed by atoms with van der Waals surface area (Å²) in [5.74, 6) is -1.36. The van der Waals surface area contributed by atoms with E-state index < -0.39 is 23.6 Å². The van der Waals surface area contributed by atoms with Crippen molar-refractivity contribution < 1.29 is 32.3 Å². The Kier molecular flexibility index (Phi) is 8.28.